The highest BCUT2D eigenvalue weighted by Gasteiger charge is 2.23. The standard InChI is InChI=1S/C22H32ClNO/c23-22-10-8-20(9-11-22)21(17-25)16-24-14-12-19(13-15-24)7-6-18-4-2-1-3-5-18/h8-11,17-19,21H,1-7,12-16H2. The Hall–Kier alpha value is -0.860. The van der Waals surface area contributed by atoms with E-state index in [1.165, 1.54) is 57.8 Å². The normalized spacial score (nSPS) is 22.0. The van der Waals surface area contributed by atoms with Crippen molar-refractivity contribution in [3.8, 4) is 0 Å². The average Bonchev–Trinajstić information content (AvgIpc) is 2.67. The van der Waals surface area contributed by atoms with Crippen molar-refractivity contribution >= 4 is 17.9 Å². The van der Waals surface area contributed by atoms with Crippen molar-refractivity contribution in [3.63, 3.8) is 0 Å². The lowest BCUT2D eigenvalue weighted by molar-refractivity contribution is -0.109. The van der Waals surface area contributed by atoms with Gasteiger partial charge >= 0.3 is 0 Å². The second-order valence-electron chi connectivity index (χ2n) is 8.12. The summed E-state index contributed by atoms with van der Waals surface area (Å²) in [5.41, 5.74) is 1.08. The summed E-state index contributed by atoms with van der Waals surface area (Å²) in [5, 5.41) is 0.729. The zero-order valence-corrected chi connectivity index (χ0v) is 16.1. The highest BCUT2D eigenvalue weighted by molar-refractivity contribution is 6.30. The molecule has 1 saturated carbocycles. The van der Waals surface area contributed by atoms with Gasteiger partial charge in [0.2, 0.25) is 0 Å². The highest BCUT2D eigenvalue weighted by atomic mass is 35.5. The van der Waals surface area contributed by atoms with Gasteiger partial charge in [-0.05, 0) is 55.5 Å². The molecule has 1 aromatic rings. The van der Waals surface area contributed by atoms with Gasteiger partial charge in [0, 0.05) is 11.6 Å². The summed E-state index contributed by atoms with van der Waals surface area (Å²) in [4.78, 5) is 14.0. The third kappa shape index (κ3) is 5.82. The molecule has 3 rings (SSSR count). The summed E-state index contributed by atoms with van der Waals surface area (Å²) in [6.45, 7) is 3.14. The van der Waals surface area contributed by atoms with Crippen molar-refractivity contribution < 1.29 is 4.79 Å². The summed E-state index contributed by atoms with van der Waals surface area (Å²) in [6, 6.07) is 7.73. The van der Waals surface area contributed by atoms with E-state index in [0.29, 0.717) is 0 Å². The Morgan fingerprint density at radius 3 is 2.16 bits per heavy atom. The fraction of sp³-hybridized carbons (Fsp3) is 0.682. The second-order valence-corrected chi connectivity index (χ2v) is 8.56. The Morgan fingerprint density at radius 1 is 0.960 bits per heavy atom. The minimum absolute atomic E-state index is 0.0314. The average molecular weight is 362 g/mol. The molecule has 1 aliphatic heterocycles. The molecule has 1 unspecified atom stereocenters. The summed E-state index contributed by atoms with van der Waals surface area (Å²) < 4.78 is 0. The van der Waals surface area contributed by atoms with Crippen molar-refractivity contribution in [2.75, 3.05) is 19.6 Å². The lowest BCUT2D eigenvalue weighted by Crippen LogP contribution is -2.37. The van der Waals surface area contributed by atoms with Crippen molar-refractivity contribution in [2.24, 2.45) is 11.8 Å². The zero-order valence-electron chi connectivity index (χ0n) is 15.3. The fourth-order valence-corrected chi connectivity index (χ4v) is 4.75. The molecule has 138 valence electrons. The molecule has 1 aliphatic carbocycles. The van der Waals surface area contributed by atoms with Gasteiger partial charge in [-0.3, -0.25) is 0 Å². The molecule has 0 spiro atoms. The summed E-state index contributed by atoms with van der Waals surface area (Å²) in [6.07, 6.45) is 13.9. The molecule has 1 saturated heterocycles. The van der Waals surface area contributed by atoms with Crippen LogP contribution in [0.25, 0.3) is 0 Å². The molecule has 3 heteroatoms. The van der Waals surface area contributed by atoms with Crippen molar-refractivity contribution in [1.82, 2.24) is 4.90 Å². The van der Waals surface area contributed by atoms with Crippen molar-refractivity contribution in [2.45, 2.75) is 63.7 Å². The smallest absolute Gasteiger partial charge is 0.128 e. The monoisotopic (exact) mass is 361 g/mol. The number of rotatable bonds is 7. The number of hydrogen-bond acceptors (Lipinski definition) is 2. The van der Waals surface area contributed by atoms with Crippen LogP contribution in [0, 0.1) is 11.8 Å². The molecule has 0 radical (unpaired) electrons. The van der Waals surface area contributed by atoms with Gasteiger partial charge in [-0.2, -0.15) is 0 Å². The van der Waals surface area contributed by atoms with Crippen LogP contribution >= 0.6 is 11.6 Å². The van der Waals surface area contributed by atoms with Gasteiger partial charge in [-0.25, -0.2) is 0 Å². The molecular weight excluding hydrogens is 330 g/mol. The van der Waals surface area contributed by atoms with E-state index in [2.05, 4.69) is 4.90 Å². The first-order valence-corrected chi connectivity index (χ1v) is 10.6. The Balaban J connectivity index is 1.40. The van der Waals surface area contributed by atoms with E-state index < -0.39 is 0 Å². The molecule has 0 amide bonds. The molecule has 2 aliphatic rings. The molecule has 1 atom stereocenters. The van der Waals surface area contributed by atoms with Crippen LogP contribution in [0.1, 0.15) is 69.3 Å². The number of aldehydes is 1. The number of nitrogens with zero attached hydrogens (tertiary/aromatic N) is 1. The molecule has 0 N–H and O–H groups in total. The quantitative estimate of drug-likeness (QED) is 0.581. The lowest BCUT2D eigenvalue weighted by atomic mass is 9.82. The topological polar surface area (TPSA) is 20.3 Å². The lowest BCUT2D eigenvalue weighted by Gasteiger charge is -2.34. The van der Waals surface area contributed by atoms with E-state index in [9.17, 15) is 4.79 Å². The molecule has 0 aromatic heterocycles. The molecule has 1 aromatic carbocycles. The molecule has 0 bridgehead atoms. The number of piperidine rings is 1. The second kappa shape index (κ2) is 9.73. The van der Waals surface area contributed by atoms with Crippen LogP contribution in [0.15, 0.2) is 24.3 Å². The van der Waals surface area contributed by atoms with Crippen LogP contribution in [0.4, 0.5) is 0 Å². The predicted octanol–water partition coefficient (Wildman–Crippen LogP) is 5.70. The third-order valence-electron chi connectivity index (χ3n) is 6.33. The van der Waals surface area contributed by atoms with Crippen molar-refractivity contribution in [1.29, 1.82) is 0 Å². The van der Waals surface area contributed by atoms with E-state index in [-0.39, 0.29) is 5.92 Å². The van der Waals surface area contributed by atoms with E-state index in [0.717, 1.165) is 48.3 Å². The number of carbonyl (C=O) groups excluding carboxylic acids is 1. The summed E-state index contributed by atoms with van der Waals surface area (Å²) >= 11 is 5.95. The maximum Gasteiger partial charge on any atom is 0.128 e. The first kappa shape index (κ1) is 18.9. The summed E-state index contributed by atoms with van der Waals surface area (Å²) in [7, 11) is 0. The van der Waals surface area contributed by atoms with Gasteiger partial charge in [-0.15, -0.1) is 0 Å². The molecule has 1 heterocycles. The Kier molecular flexibility index (Phi) is 7.36. The minimum Gasteiger partial charge on any atom is -0.303 e. The molecule has 25 heavy (non-hydrogen) atoms. The van der Waals surface area contributed by atoms with Crippen LogP contribution in [0.2, 0.25) is 5.02 Å². The summed E-state index contributed by atoms with van der Waals surface area (Å²) in [5.74, 6) is 1.88. The van der Waals surface area contributed by atoms with E-state index in [1.807, 2.05) is 24.3 Å². The molecule has 2 fully saturated rings. The number of likely N-dealkylation sites (tertiary alicyclic amines) is 1. The Bertz CT molecular complexity index is 515. The van der Waals surface area contributed by atoms with Crippen LogP contribution in [-0.2, 0) is 4.79 Å². The third-order valence-corrected chi connectivity index (χ3v) is 6.58. The van der Waals surface area contributed by atoms with Crippen molar-refractivity contribution in [3.05, 3.63) is 34.9 Å². The maximum absolute atomic E-state index is 11.5. The van der Waals surface area contributed by atoms with Gasteiger partial charge in [0.15, 0.2) is 0 Å². The van der Waals surface area contributed by atoms with Crippen LogP contribution in [0.3, 0.4) is 0 Å². The predicted molar refractivity (Wildman–Crippen MR) is 105 cm³/mol. The first-order valence-electron chi connectivity index (χ1n) is 10.2. The largest absolute Gasteiger partial charge is 0.303 e. The Morgan fingerprint density at radius 2 is 1.56 bits per heavy atom. The number of carbonyl (C=O) groups is 1. The van der Waals surface area contributed by atoms with Crippen LogP contribution in [0.5, 0.6) is 0 Å². The van der Waals surface area contributed by atoms with Gasteiger partial charge in [-0.1, -0.05) is 68.7 Å². The van der Waals surface area contributed by atoms with Crippen LogP contribution in [-0.4, -0.2) is 30.8 Å². The van der Waals surface area contributed by atoms with Crippen LogP contribution < -0.4 is 0 Å². The van der Waals surface area contributed by atoms with E-state index >= 15 is 0 Å². The van der Waals surface area contributed by atoms with E-state index in [4.69, 9.17) is 11.6 Å². The highest BCUT2D eigenvalue weighted by Crippen LogP contribution is 2.31. The zero-order chi connectivity index (χ0) is 17.5. The first-order chi connectivity index (χ1) is 12.2. The van der Waals surface area contributed by atoms with Gasteiger partial charge < -0.3 is 9.69 Å². The fourth-order valence-electron chi connectivity index (χ4n) is 4.62. The minimum atomic E-state index is -0.0314. The van der Waals surface area contributed by atoms with Gasteiger partial charge in [0.05, 0.1) is 5.92 Å². The van der Waals surface area contributed by atoms with Gasteiger partial charge in [0.25, 0.3) is 0 Å². The maximum atomic E-state index is 11.5. The van der Waals surface area contributed by atoms with Gasteiger partial charge in [0.1, 0.15) is 6.29 Å². The van der Waals surface area contributed by atoms with E-state index in [1.54, 1.807) is 0 Å². The SMILES string of the molecule is O=CC(CN1CCC(CCC2CCCCC2)CC1)c1ccc(Cl)cc1. The number of halogens is 1. The number of benzene rings is 1. The number of hydrogen-bond donors (Lipinski definition) is 0. The molecular formula is C22H32ClNO. The Labute approximate surface area is 157 Å². The molecule has 2 nitrogen and oxygen atoms in total.